The molecule has 1 aromatic carbocycles. The topological polar surface area (TPSA) is 55.9 Å². The smallest absolute Gasteiger partial charge is 0.148 e. The molecule has 1 heterocycles. The Balaban J connectivity index is 2.23. The van der Waals surface area contributed by atoms with E-state index in [0.29, 0.717) is 0 Å². The van der Waals surface area contributed by atoms with Crippen LogP contribution in [0.5, 0.6) is 0 Å². The number of nitrogens with zero attached hydrogens (tertiary/aromatic N) is 2. The molecule has 1 atom stereocenters. The fraction of sp³-hybridized carbons (Fsp3) is 0.400. The molecule has 0 aliphatic rings. The lowest BCUT2D eigenvalue weighted by molar-refractivity contribution is 0.599. The first kappa shape index (κ1) is 13.5. The zero-order chi connectivity index (χ0) is 13.8. The van der Waals surface area contributed by atoms with Crippen molar-refractivity contribution in [3.8, 4) is 0 Å². The second kappa shape index (κ2) is 5.78. The van der Waals surface area contributed by atoms with E-state index in [1.54, 1.807) is 0 Å². The van der Waals surface area contributed by atoms with Gasteiger partial charge in [0.2, 0.25) is 0 Å². The Bertz CT molecular complexity index is 531. The summed E-state index contributed by atoms with van der Waals surface area (Å²) in [5.41, 5.74) is 8.99. The summed E-state index contributed by atoms with van der Waals surface area (Å²) in [6, 6.07) is 10.5. The predicted molar refractivity (Wildman–Crippen MR) is 80.1 cm³/mol. The van der Waals surface area contributed by atoms with Gasteiger partial charge in [0.15, 0.2) is 0 Å². The van der Waals surface area contributed by atoms with Crippen LogP contribution in [0.25, 0.3) is 0 Å². The molecule has 0 fully saturated rings. The normalized spacial score (nSPS) is 12.4. The monoisotopic (exact) mass is 258 g/mol. The Morgan fingerprint density at radius 1 is 1.32 bits per heavy atom. The molecule has 0 spiro atoms. The molecule has 1 aromatic heterocycles. The van der Waals surface area contributed by atoms with Gasteiger partial charge in [0, 0.05) is 6.54 Å². The molecule has 3 N–H and O–H groups in total. The van der Waals surface area contributed by atoms with Crippen LogP contribution in [-0.2, 0) is 6.54 Å². The quantitative estimate of drug-likeness (QED) is 0.864. The van der Waals surface area contributed by atoms with E-state index in [2.05, 4.69) is 36.4 Å². The Hall–Kier alpha value is -1.97. The maximum Gasteiger partial charge on any atom is 0.148 e. The molecule has 2 aromatic rings. The third-order valence-electron chi connectivity index (χ3n) is 3.26. The standard InChI is InChI=1S/C15H22N4/c1-4-10-19-15(14(16)12(3)18-19)17-11(2)13-8-6-5-7-9-13/h5-9,11,17H,4,10,16H2,1-3H3. The predicted octanol–water partition coefficient (Wildman–Crippen LogP) is 3.36. The van der Waals surface area contributed by atoms with Gasteiger partial charge in [-0.2, -0.15) is 5.10 Å². The van der Waals surface area contributed by atoms with E-state index >= 15 is 0 Å². The summed E-state index contributed by atoms with van der Waals surface area (Å²) in [5.74, 6) is 0.927. The Morgan fingerprint density at radius 2 is 2.00 bits per heavy atom. The van der Waals surface area contributed by atoms with E-state index in [1.165, 1.54) is 5.56 Å². The maximum atomic E-state index is 6.11. The molecule has 0 saturated heterocycles. The van der Waals surface area contributed by atoms with Gasteiger partial charge >= 0.3 is 0 Å². The molecule has 1 unspecified atom stereocenters. The van der Waals surface area contributed by atoms with E-state index in [4.69, 9.17) is 5.73 Å². The first-order chi connectivity index (χ1) is 9.13. The fourth-order valence-electron chi connectivity index (χ4n) is 2.15. The highest BCUT2D eigenvalue weighted by Crippen LogP contribution is 2.27. The van der Waals surface area contributed by atoms with Gasteiger partial charge in [0.1, 0.15) is 5.82 Å². The van der Waals surface area contributed by atoms with Gasteiger partial charge in [-0.15, -0.1) is 0 Å². The first-order valence-electron chi connectivity index (χ1n) is 6.77. The second-order valence-corrected chi connectivity index (χ2v) is 4.85. The molecule has 4 nitrogen and oxygen atoms in total. The Labute approximate surface area is 114 Å². The van der Waals surface area contributed by atoms with E-state index < -0.39 is 0 Å². The second-order valence-electron chi connectivity index (χ2n) is 4.85. The van der Waals surface area contributed by atoms with Crippen molar-refractivity contribution in [3.63, 3.8) is 0 Å². The highest BCUT2D eigenvalue weighted by atomic mass is 15.3. The number of aromatic nitrogens is 2. The molecule has 0 radical (unpaired) electrons. The van der Waals surface area contributed by atoms with Gasteiger partial charge in [0.05, 0.1) is 17.4 Å². The van der Waals surface area contributed by atoms with E-state index in [9.17, 15) is 0 Å². The summed E-state index contributed by atoms with van der Waals surface area (Å²) in [7, 11) is 0. The van der Waals surface area contributed by atoms with E-state index in [-0.39, 0.29) is 6.04 Å². The number of anilines is 2. The van der Waals surface area contributed by atoms with Crippen LogP contribution in [0.1, 0.15) is 37.6 Å². The highest BCUT2D eigenvalue weighted by Gasteiger charge is 2.14. The number of hydrogen-bond acceptors (Lipinski definition) is 3. The van der Waals surface area contributed by atoms with Crippen molar-refractivity contribution in [2.24, 2.45) is 0 Å². The third kappa shape index (κ3) is 2.89. The van der Waals surface area contributed by atoms with Crippen molar-refractivity contribution in [3.05, 3.63) is 41.6 Å². The molecule has 0 amide bonds. The van der Waals surface area contributed by atoms with Crippen LogP contribution in [0.15, 0.2) is 30.3 Å². The SMILES string of the molecule is CCCn1nc(C)c(N)c1NC(C)c1ccccc1. The van der Waals surface area contributed by atoms with Gasteiger partial charge in [-0.1, -0.05) is 37.3 Å². The lowest BCUT2D eigenvalue weighted by Gasteiger charge is -2.17. The Morgan fingerprint density at radius 3 is 2.63 bits per heavy atom. The van der Waals surface area contributed by atoms with Gasteiger partial charge in [-0.3, -0.25) is 0 Å². The minimum atomic E-state index is 0.204. The molecular weight excluding hydrogens is 236 g/mol. The zero-order valence-electron chi connectivity index (χ0n) is 11.9. The van der Waals surface area contributed by atoms with Crippen LogP contribution < -0.4 is 11.1 Å². The zero-order valence-corrected chi connectivity index (χ0v) is 11.9. The minimum Gasteiger partial charge on any atom is -0.394 e. The van der Waals surface area contributed by atoms with Gasteiger partial charge < -0.3 is 11.1 Å². The molecule has 2 rings (SSSR count). The average Bonchev–Trinajstić information content (AvgIpc) is 2.68. The molecule has 0 saturated carbocycles. The van der Waals surface area contributed by atoms with E-state index in [1.807, 2.05) is 29.8 Å². The first-order valence-corrected chi connectivity index (χ1v) is 6.77. The lowest BCUT2D eigenvalue weighted by Crippen LogP contribution is -2.13. The number of benzene rings is 1. The summed E-state index contributed by atoms with van der Waals surface area (Å²) in [6.07, 6.45) is 1.04. The number of aryl methyl sites for hydroxylation is 2. The molecule has 0 aliphatic heterocycles. The number of nitrogen functional groups attached to an aromatic ring is 1. The van der Waals surface area contributed by atoms with Crippen LogP contribution >= 0.6 is 0 Å². The summed E-state index contributed by atoms with van der Waals surface area (Å²) >= 11 is 0. The van der Waals surface area contributed by atoms with Gasteiger partial charge in [-0.25, -0.2) is 4.68 Å². The van der Waals surface area contributed by atoms with E-state index in [0.717, 1.165) is 30.2 Å². The number of nitrogens with two attached hydrogens (primary N) is 1. The summed E-state index contributed by atoms with van der Waals surface area (Å²) in [5, 5.41) is 7.95. The van der Waals surface area contributed by atoms with Crippen molar-refractivity contribution >= 4 is 11.5 Å². The van der Waals surface area contributed by atoms with Crippen molar-refractivity contribution in [2.45, 2.75) is 39.8 Å². The fourth-order valence-corrected chi connectivity index (χ4v) is 2.15. The van der Waals surface area contributed by atoms with Crippen molar-refractivity contribution < 1.29 is 0 Å². The van der Waals surface area contributed by atoms with Crippen LogP contribution in [0, 0.1) is 6.92 Å². The molecule has 19 heavy (non-hydrogen) atoms. The largest absolute Gasteiger partial charge is 0.394 e. The van der Waals surface area contributed by atoms with Crippen molar-refractivity contribution in [1.82, 2.24) is 9.78 Å². The summed E-state index contributed by atoms with van der Waals surface area (Å²) < 4.78 is 1.96. The lowest BCUT2D eigenvalue weighted by atomic mass is 10.1. The molecule has 0 aliphatic carbocycles. The van der Waals surface area contributed by atoms with Crippen molar-refractivity contribution in [2.75, 3.05) is 11.1 Å². The van der Waals surface area contributed by atoms with Gasteiger partial charge in [-0.05, 0) is 25.8 Å². The molecule has 4 heteroatoms. The number of hydrogen-bond donors (Lipinski definition) is 2. The number of nitrogens with one attached hydrogen (secondary N) is 1. The Kier molecular flexibility index (Phi) is 4.10. The molecular formula is C15H22N4. The summed E-state index contributed by atoms with van der Waals surface area (Å²) in [6.45, 7) is 7.09. The minimum absolute atomic E-state index is 0.204. The van der Waals surface area contributed by atoms with Gasteiger partial charge in [0.25, 0.3) is 0 Å². The van der Waals surface area contributed by atoms with Crippen molar-refractivity contribution in [1.29, 1.82) is 0 Å². The maximum absolute atomic E-state index is 6.11. The molecule has 102 valence electrons. The highest BCUT2D eigenvalue weighted by molar-refractivity contribution is 5.65. The van der Waals surface area contributed by atoms with Crippen LogP contribution in [0.2, 0.25) is 0 Å². The van der Waals surface area contributed by atoms with Crippen LogP contribution in [-0.4, -0.2) is 9.78 Å². The molecule has 0 bridgehead atoms. The van der Waals surface area contributed by atoms with Crippen LogP contribution in [0.3, 0.4) is 0 Å². The number of rotatable bonds is 5. The summed E-state index contributed by atoms with van der Waals surface area (Å²) in [4.78, 5) is 0. The average molecular weight is 258 g/mol. The van der Waals surface area contributed by atoms with Crippen LogP contribution in [0.4, 0.5) is 11.5 Å². The third-order valence-corrected chi connectivity index (χ3v) is 3.26.